The molecule has 0 unspecified atom stereocenters. The predicted molar refractivity (Wildman–Crippen MR) is 86.8 cm³/mol. The number of aliphatic carboxylic acids is 1. The van der Waals surface area contributed by atoms with Gasteiger partial charge in [0.25, 0.3) is 0 Å². The van der Waals surface area contributed by atoms with Crippen LogP contribution in [0.2, 0.25) is 0 Å². The summed E-state index contributed by atoms with van der Waals surface area (Å²) in [5.74, 6) is -0.720. The molecule has 0 aromatic carbocycles. The van der Waals surface area contributed by atoms with Crippen LogP contribution in [0.25, 0.3) is 0 Å². The number of nitrogens with one attached hydrogen (secondary N) is 1. The van der Waals surface area contributed by atoms with Gasteiger partial charge in [0.05, 0.1) is 0 Å². The van der Waals surface area contributed by atoms with Gasteiger partial charge < -0.3 is 15.3 Å². The molecule has 122 valence electrons. The summed E-state index contributed by atoms with van der Waals surface area (Å²) in [6, 6.07) is -0.259. The number of carboxylic acids is 1. The predicted octanol–water partition coefficient (Wildman–Crippen LogP) is 2.80. The molecule has 0 heterocycles. The van der Waals surface area contributed by atoms with Gasteiger partial charge in [-0.15, -0.1) is 0 Å². The highest BCUT2D eigenvalue weighted by Gasteiger charge is 2.32. The molecule has 1 aliphatic carbocycles. The van der Waals surface area contributed by atoms with E-state index < -0.39 is 5.97 Å². The van der Waals surface area contributed by atoms with Gasteiger partial charge in [0.2, 0.25) is 0 Å². The molecule has 6 heteroatoms. The van der Waals surface area contributed by atoms with Gasteiger partial charge in [-0.05, 0) is 25.0 Å². The van der Waals surface area contributed by atoms with Gasteiger partial charge in [-0.25, -0.2) is 4.79 Å². The van der Waals surface area contributed by atoms with Crippen LogP contribution in [0.4, 0.5) is 4.79 Å². The zero-order chi connectivity index (χ0) is 15.9. The van der Waals surface area contributed by atoms with Crippen molar-refractivity contribution in [3.05, 3.63) is 0 Å². The van der Waals surface area contributed by atoms with Crippen molar-refractivity contribution in [2.45, 2.75) is 50.7 Å². The number of hydrogen-bond donors (Lipinski definition) is 2. The maximum absolute atomic E-state index is 12.3. The van der Waals surface area contributed by atoms with Crippen molar-refractivity contribution < 1.29 is 14.7 Å². The van der Waals surface area contributed by atoms with E-state index in [0.717, 1.165) is 12.8 Å². The van der Waals surface area contributed by atoms with Crippen LogP contribution in [0.5, 0.6) is 0 Å². The zero-order valence-corrected chi connectivity index (χ0v) is 14.2. The van der Waals surface area contributed by atoms with Crippen molar-refractivity contribution in [1.29, 1.82) is 0 Å². The van der Waals surface area contributed by atoms with Crippen molar-refractivity contribution in [2.75, 3.05) is 25.9 Å². The number of carboxylic acid groups (broad SMARTS) is 1. The normalized spacial score (nSPS) is 17.5. The van der Waals surface area contributed by atoms with Crippen LogP contribution in [-0.4, -0.2) is 52.6 Å². The number of carbonyl (C=O) groups is 2. The molecule has 1 aliphatic rings. The smallest absolute Gasteiger partial charge is 0.323 e. The number of amides is 2. The molecule has 5 nitrogen and oxygen atoms in total. The largest absolute Gasteiger partial charge is 0.480 e. The number of thioether (sulfide) groups is 1. The monoisotopic (exact) mass is 316 g/mol. The van der Waals surface area contributed by atoms with E-state index in [0.29, 0.717) is 13.1 Å². The third kappa shape index (κ3) is 6.16. The second-order valence-electron chi connectivity index (χ2n) is 6.27. The van der Waals surface area contributed by atoms with E-state index in [1.807, 2.05) is 25.6 Å². The zero-order valence-electron chi connectivity index (χ0n) is 13.4. The lowest BCUT2D eigenvalue weighted by molar-refractivity contribution is -0.137. The summed E-state index contributed by atoms with van der Waals surface area (Å²) >= 11 is 1.83. The average Bonchev–Trinajstić information content (AvgIpc) is 2.44. The van der Waals surface area contributed by atoms with Crippen LogP contribution in [-0.2, 0) is 4.79 Å². The summed E-state index contributed by atoms with van der Waals surface area (Å²) < 4.78 is 0.126. The first-order chi connectivity index (χ1) is 9.88. The molecule has 0 atom stereocenters. The van der Waals surface area contributed by atoms with Crippen LogP contribution in [0.15, 0.2) is 0 Å². The standard InChI is InChI=1S/C15H28N2O3S/c1-12(2)9-17(10-13(18)19)14(20)16-11-15(21-3)7-5-4-6-8-15/h12H,4-11H2,1-3H3,(H,16,20)(H,18,19). The van der Waals surface area contributed by atoms with Gasteiger partial charge in [-0.1, -0.05) is 33.1 Å². The first-order valence-electron chi connectivity index (χ1n) is 7.68. The molecule has 1 fully saturated rings. The van der Waals surface area contributed by atoms with Gasteiger partial charge in [-0.2, -0.15) is 11.8 Å². The summed E-state index contributed by atoms with van der Waals surface area (Å²) in [5, 5.41) is 11.9. The van der Waals surface area contributed by atoms with Crippen molar-refractivity contribution >= 4 is 23.8 Å². The Labute approximate surface area is 131 Å². The summed E-state index contributed by atoms with van der Waals surface area (Å²) in [7, 11) is 0. The molecule has 0 aromatic rings. The minimum atomic E-state index is -0.969. The molecule has 0 aliphatic heterocycles. The molecule has 0 spiro atoms. The molecule has 0 saturated heterocycles. The third-order valence-corrected chi connectivity index (χ3v) is 5.38. The Balaban J connectivity index is 2.56. The minimum absolute atomic E-state index is 0.126. The number of hydrogen-bond acceptors (Lipinski definition) is 3. The quantitative estimate of drug-likeness (QED) is 0.758. The molecule has 0 aromatic heterocycles. The summed E-state index contributed by atoms with van der Waals surface area (Å²) in [4.78, 5) is 24.5. The highest BCUT2D eigenvalue weighted by Crippen LogP contribution is 2.37. The Hall–Kier alpha value is -0.910. The molecule has 2 amide bonds. The SMILES string of the molecule is CSC1(CNC(=O)N(CC(=O)O)CC(C)C)CCCCC1. The fraction of sp³-hybridized carbons (Fsp3) is 0.867. The first kappa shape index (κ1) is 18.1. The molecular weight excluding hydrogens is 288 g/mol. The highest BCUT2D eigenvalue weighted by atomic mass is 32.2. The van der Waals surface area contributed by atoms with Gasteiger partial charge in [0, 0.05) is 17.8 Å². The van der Waals surface area contributed by atoms with E-state index in [2.05, 4.69) is 11.6 Å². The van der Waals surface area contributed by atoms with Crippen molar-refractivity contribution in [2.24, 2.45) is 5.92 Å². The van der Waals surface area contributed by atoms with E-state index >= 15 is 0 Å². The van der Waals surface area contributed by atoms with E-state index in [1.54, 1.807) is 0 Å². The van der Waals surface area contributed by atoms with Crippen molar-refractivity contribution in [1.82, 2.24) is 10.2 Å². The number of urea groups is 1. The topological polar surface area (TPSA) is 69.6 Å². The maximum Gasteiger partial charge on any atom is 0.323 e. The fourth-order valence-corrected chi connectivity index (χ4v) is 3.73. The van der Waals surface area contributed by atoms with Crippen molar-refractivity contribution in [3.63, 3.8) is 0 Å². The van der Waals surface area contributed by atoms with Gasteiger partial charge >= 0.3 is 12.0 Å². The van der Waals surface area contributed by atoms with E-state index in [1.165, 1.54) is 24.2 Å². The molecule has 21 heavy (non-hydrogen) atoms. The molecule has 1 saturated carbocycles. The Kier molecular flexibility index (Phi) is 7.35. The van der Waals surface area contributed by atoms with Crippen LogP contribution >= 0.6 is 11.8 Å². The Bertz CT molecular complexity index is 355. The fourth-order valence-electron chi connectivity index (χ4n) is 2.82. The third-order valence-electron chi connectivity index (χ3n) is 3.96. The number of nitrogens with zero attached hydrogens (tertiary/aromatic N) is 1. The molecule has 1 rings (SSSR count). The van der Waals surface area contributed by atoms with Crippen LogP contribution in [0.3, 0.4) is 0 Å². The summed E-state index contributed by atoms with van der Waals surface area (Å²) in [6.45, 7) is 4.81. The van der Waals surface area contributed by atoms with Crippen molar-refractivity contribution in [3.8, 4) is 0 Å². The number of carbonyl (C=O) groups excluding carboxylic acids is 1. The average molecular weight is 316 g/mol. The lowest BCUT2D eigenvalue weighted by Gasteiger charge is -2.36. The summed E-state index contributed by atoms with van der Waals surface area (Å²) in [5.41, 5.74) is 0. The highest BCUT2D eigenvalue weighted by molar-refractivity contribution is 8.00. The van der Waals surface area contributed by atoms with E-state index in [9.17, 15) is 9.59 Å². The minimum Gasteiger partial charge on any atom is -0.480 e. The lowest BCUT2D eigenvalue weighted by atomic mass is 9.88. The second-order valence-corrected chi connectivity index (χ2v) is 7.55. The summed E-state index contributed by atoms with van der Waals surface area (Å²) in [6.07, 6.45) is 8.04. The second kappa shape index (κ2) is 8.51. The Morgan fingerprint density at radius 3 is 2.38 bits per heavy atom. The first-order valence-corrected chi connectivity index (χ1v) is 8.91. The van der Waals surface area contributed by atoms with Gasteiger partial charge in [0.15, 0.2) is 0 Å². The van der Waals surface area contributed by atoms with Crippen LogP contribution in [0, 0.1) is 5.92 Å². The Morgan fingerprint density at radius 1 is 1.29 bits per heavy atom. The molecular formula is C15H28N2O3S. The van der Waals surface area contributed by atoms with E-state index in [-0.39, 0.29) is 23.2 Å². The molecule has 0 radical (unpaired) electrons. The Morgan fingerprint density at radius 2 is 1.90 bits per heavy atom. The maximum atomic E-state index is 12.3. The van der Waals surface area contributed by atoms with E-state index in [4.69, 9.17) is 5.11 Å². The number of rotatable bonds is 7. The van der Waals surface area contributed by atoms with Gasteiger partial charge in [-0.3, -0.25) is 4.79 Å². The molecule has 2 N–H and O–H groups in total. The lowest BCUT2D eigenvalue weighted by Crippen LogP contribution is -2.49. The van der Waals surface area contributed by atoms with Gasteiger partial charge in [0.1, 0.15) is 6.54 Å². The molecule has 0 bridgehead atoms. The van der Waals surface area contributed by atoms with Crippen LogP contribution < -0.4 is 5.32 Å². The van der Waals surface area contributed by atoms with Crippen LogP contribution in [0.1, 0.15) is 46.0 Å².